The van der Waals surface area contributed by atoms with E-state index in [1.165, 1.54) is 0 Å². The molecule has 0 fully saturated rings. The molecule has 0 amide bonds. The van der Waals surface area contributed by atoms with Gasteiger partial charge in [0, 0.05) is 10.9 Å². The fraction of sp³-hybridized carbons (Fsp3) is 0.0500. The minimum atomic E-state index is 0.468. The van der Waals surface area contributed by atoms with Gasteiger partial charge in [-0.2, -0.15) is 5.10 Å². The normalized spacial score (nSPS) is 10.9. The van der Waals surface area contributed by atoms with Crippen molar-refractivity contribution in [2.45, 2.75) is 6.61 Å². The quantitative estimate of drug-likeness (QED) is 0.542. The van der Waals surface area contributed by atoms with Crippen LogP contribution in [-0.2, 0) is 6.61 Å². The number of nitrogen functional groups attached to an aromatic ring is 1. The van der Waals surface area contributed by atoms with Crippen LogP contribution in [0.5, 0.6) is 5.75 Å². The van der Waals surface area contributed by atoms with Crippen molar-refractivity contribution in [1.29, 1.82) is 0 Å². The Bertz CT molecular complexity index is 1010. The van der Waals surface area contributed by atoms with Gasteiger partial charge >= 0.3 is 0 Å². The predicted molar refractivity (Wildman–Crippen MR) is 102 cm³/mol. The lowest BCUT2D eigenvalue weighted by molar-refractivity contribution is 0.306. The maximum Gasteiger partial charge on any atom is 0.153 e. The van der Waals surface area contributed by atoms with Crippen molar-refractivity contribution >= 4 is 28.3 Å². The van der Waals surface area contributed by atoms with Crippen LogP contribution >= 0.6 is 11.6 Å². The number of halogens is 1. The molecule has 0 radical (unpaired) electrons. The summed E-state index contributed by atoms with van der Waals surface area (Å²) in [6.07, 6.45) is 0. The molecule has 0 saturated heterocycles. The number of ether oxygens (including phenoxy) is 1. The molecule has 0 bridgehead atoms. The van der Waals surface area contributed by atoms with Gasteiger partial charge < -0.3 is 10.5 Å². The number of nitrogens with zero attached hydrogens (tertiary/aromatic N) is 1. The summed E-state index contributed by atoms with van der Waals surface area (Å²) in [5.41, 5.74) is 9.76. The van der Waals surface area contributed by atoms with Gasteiger partial charge in [-0.1, -0.05) is 54.1 Å². The molecule has 4 nitrogen and oxygen atoms in total. The van der Waals surface area contributed by atoms with E-state index in [0.29, 0.717) is 17.4 Å². The van der Waals surface area contributed by atoms with Gasteiger partial charge in [0.2, 0.25) is 0 Å². The van der Waals surface area contributed by atoms with E-state index in [4.69, 9.17) is 22.1 Å². The molecule has 1 heterocycles. The third kappa shape index (κ3) is 3.16. The zero-order chi connectivity index (χ0) is 17.2. The molecule has 0 aliphatic rings. The molecule has 0 aliphatic carbocycles. The molecule has 3 aromatic carbocycles. The molecule has 4 aromatic rings. The van der Waals surface area contributed by atoms with Crippen molar-refractivity contribution < 1.29 is 4.74 Å². The monoisotopic (exact) mass is 349 g/mol. The van der Waals surface area contributed by atoms with Crippen molar-refractivity contribution in [3.05, 3.63) is 77.3 Å². The first-order chi connectivity index (χ1) is 12.2. The van der Waals surface area contributed by atoms with Gasteiger partial charge in [-0.25, -0.2) is 0 Å². The number of H-pyrrole nitrogens is 1. The van der Waals surface area contributed by atoms with Gasteiger partial charge in [-0.05, 0) is 35.4 Å². The van der Waals surface area contributed by atoms with E-state index in [1.54, 1.807) is 0 Å². The molecule has 0 spiro atoms. The van der Waals surface area contributed by atoms with Crippen LogP contribution in [0.4, 0.5) is 5.82 Å². The van der Waals surface area contributed by atoms with Crippen molar-refractivity contribution in [3.8, 4) is 16.9 Å². The first-order valence-electron chi connectivity index (χ1n) is 7.91. The van der Waals surface area contributed by atoms with E-state index in [2.05, 4.69) is 10.2 Å². The Kier molecular flexibility index (Phi) is 4.04. The lowest BCUT2D eigenvalue weighted by Crippen LogP contribution is -1.94. The highest BCUT2D eigenvalue weighted by Crippen LogP contribution is 2.34. The molecule has 5 heteroatoms. The topological polar surface area (TPSA) is 63.9 Å². The second-order valence-corrected chi connectivity index (χ2v) is 6.19. The summed E-state index contributed by atoms with van der Waals surface area (Å²) >= 11 is 6.41. The van der Waals surface area contributed by atoms with E-state index >= 15 is 0 Å². The van der Waals surface area contributed by atoms with Crippen molar-refractivity contribution in [1.82, 2.24) is 10.2 Å². The summed E-state index contributed by atoms with van der Waals surface area (Å²) in [6.45, 7) is 0.540. The van der Waals surface area contributed by atoms with Crippen LogP contribution in [-0.4, -0.2) is 10.2 Å². The van der Waals surface area contributed by atoms with Crippen LogP contribution in [0.25, 0.3) is 22.0 Å². The Labute approximate surface area is 150 Å². The van der Waals surface area contributed by atoms with Gasteiger partial charge in [0.1, 0.15) is 12.4 Å². The second kappa shape index (κ2) is 6.49. The lowest BCUT2D eigenvalue weighted by Gasteiger charge is -2.09. The average molecular weight is 350 g/mol. The number of hydrogen-bond acceptors (Lipinski definition) is 3. The molecular weight excluding hydrogens is 334 g/mol. The van der Waals surface area contributed by atoms with Gasteiger partial charge in [0.25, 0.3) is 0 Å². The minimum absolute atomic E-state index is 0.468. The zero-order valence-corrected chi connectivity index (χ0v) is 14.1. The van der Waals surface area contributed by atoms with E-state index in [-0.39, 0.29) is 0 Å². The molecule has 0 unspecified atom stereocenters. The van der Waals surface area contributed by atoms with Crippen molar-refractivity contribution in [2.75, 3.05) is 5.73 Å². The van der Waals surface area contributed by atoms with E-state index < -0.39 is 0 Å². The van der Waals surface area contributed by atoms with Crippen LogP contribution in [0.1, 0.15) is 5.56 Å². The molecule has 4 rings (SSSR count). The fourth-order valence-electron chi connectivity index (χ4n) is 2.75. The maximum absolute atomic E-state index is 6.41. The van der Waals surface area contributed by atoms with Gasteiger partial charge in [0.15, 0.2) is 5.82 Å². The van der Waals surface area contributed by atoms with Crippen molar-refractivity contribution in [3.63, 3.8) is 0 Å². The summed E-state index contributed by atoms with van der Waals surface area (Å²) in [7, 11) is 0. The van der Waals surface area contributed by atoms with Gasteiger partial charge in [-0.15, -0.1) is 0 Å². The number of aromatic amines is 1. The number of nitrogens with two attached hydrogens (primary N) is 1. The van der Waals surface area contributed by atoms with E-state index in [0.717, 1.165) is 33.3 Å². The summed E-state index contributed by atoms with van der Waals surface area (Å²) < 4.78 is 5.82. The molecule has 0 saturated carbocycles. The highest BCUT2D eigenvalue weighted by molar-refractivity contribution is 6.34. The second-order valence-electron chi connectivity index (χ2n) is 5.79. The van der Waals surface area contributed by atoms with E-state index in [9.17, 15) is 0 Å². The molecule has 3 N–H and O–H groups in total. The summed E-state index contributed by atoms with van der Waals surface area (Å²) in [5.74, 6) is 1.28. The molecular formula is C20H16ClN3O. The van der Waals surface area contributed by atoms with E-state index in [1.807, 2.05) is 66.7 Å². The fourth-order valence-corrected chi connectivity index (χ4v) is 3.02. The number of nitrogens with one attached hydrogen (secondary N) is 1. The Morgan fingerprint density at radius 1 is 1.00 bits per heavy atom. The van der Waals surface area contributed by atoms with Crippen LogP contribution in [0.15, 0.2) is 66.7 Å². The van der Waals surface area contributed by atoms with Gasteiger partial charge in [-0.3, -0.25) is 5.10 Å². The molecule has 0 aliphatic heterocycles. The molecule has 0 atom stereocenters. The van der Waals surface area contributed by atoms with Gasteiger partial charge in [0.05, 0.1) is 10.5 Å². The van der Waals surface area contributed by atoms with Crippen LogP contribution < -0.4 is 10.5 Å². The molecule has 25 heavy (non-hydrogen) atoms. The Hall–Kier alpha value is -2.98. The number of fused-ring (bicyclic) bond motifs is 1. The number of hydrogen-bond donors (Lipinski definition) is 2. The highest BCUT2D eigenvalue weighted by atomic mass is 35.5. The number of anilines is 1. The third-order valence-corrected chi connectivity index (χ3v) is 4.41. The largest absolute Gasteiger partial charge is 0.489 e. The smallest absolute Gasteiger partial charge is 0.153 e. The Balaban J connectivity index is 1.57. The highest BCUT2D eigenvalue weighted by Gasteiger charge is 2.10. The minimum Gasteiger partial charge on any atom is -0.489 e. The van der Waals surface area contributed by atoms with Crippen LogP contribution in [0.3, 0.4) is 0 Å². The number of rotatable bonds is 4. The Morgan fingerprint density at radius 3 is 2.52 bits per heavy atom. The SMILES string of the molecule is Nc1n[nH]c2cc(Cl)c(-c3ccc(OCc4ccccc4)cc3)cc12. The lowest BCUT2D eigenvalue weighted by atomic mass is 10.0. The first kappa shape index (κ1) is 15.5. The summed E-state index contributed by atoms with van der Waals surface area (Å²) in [5, 5.41) is 8.39. The molecule has 124 valence electrons. The number of benzene rings is 3. The maximum atomic E-state index is 6.41. The summed E-state index contributed by atoms with van der Waals surface area (Å²) in [4.78, 5) is 0. The Morgan fingerprint density at radius 2 is 1.76 bits per heavy atom. The first-order valence-corrected chi connectivity index (χ1v) is 8.29. The number of aromatic nitrogens is 2. The standard InChI is InChI=1S/C20H16ClN3O/c21-18-11-19-17(20(22)24-23-19)10-16(18)14-6-8-15(9-7-14)25-12-13-4-2-1-3-5-13/h1-11H,12H2,(H3,22,23,24). The van der Waals surface area contributed by atoms with Crippen molar-refractivity contribution in [2.24, 2.45) is 0 Å². The average Bonchev–Trinajstić information content (AvgIpc) is 3.00. The zero-order valence-electron chi connectivity index (χ0n) is 13.4. The van der Waals surface area contributed by atoms with Crippen LogP contribution in [0.2, 0.25) is 5.02 Å². The predicted octanol–water partition coefficient (Wildman–Crippen LogP) is 5.04. The van der Waals surface area contributed by atoms with Crippen LogP contribution in [0, 0.1) is 0 Å². The third-order valence-electron chi connectivity index (χ3n) is 4.09. The summed E-state index contributed by atoms with van der Waals surface area (Å²) in [6, 6.07) is 21.7. The molecule has 1 aromatic heterocycles.